The summed E-state index contributed by atoms with van der Waals surface area (Å²) in [5.41, 5.74) is 2.92. The van der Waals surface area contributed by atoms with Crippen LogP contribution in [-0.2, 0) is 42.8 Å². The molecular weight excluding hydrogens is 1120 g/mol. The van der Waals surface area contributed by atoms with Gasteiger partial charge in [0.15, 0.2) is 17.4 Å². The zero-order valence-electron chi connectivity index (χ0n) is 49.1. The van der Waals surface area contributed by atoms with Crippen LogP contribution in [0.3, 0.4) is 0 Å². The highest BCUT2D eigenvalue weighted by molar-refractivity contribution is 8.14. The smallest absolute Gasteiger partial charge is 0.330 e. The van der Waals surface area contributed by atoms with Gasteiger partial charge in [-0.3, -0.25) is 14.4 Å². The van der Waals surface area contributed by atoms with Crippen LogP contribution in [0.2, 0.25) is 0 Å². The van der Waals surface area contributed by atoms with Crippen LogP contribution in [-0.4, -0.2) is 138 Å². The molecule has 83 heavy (non-hydrogen) atoms. The first-order valence-corrected chi connectivity index (χ1v) is 32.8. The van der Waals surface area contributed by atoms with E-state index in [1.165, 1.54) is 6.08 Å². The van der Waals surface area contributed by atoms with E-state index in [-0.39, 0.29) is 71.2 Å². The highest BCUT2D eigenvalue weighted by Crippen LogP contribution is 2.40. The number of aliphatic hydroxyl groups is 3. The number of amides is 3. The van der Waals surface area contributed by atoms with E-state index in [1.54, 1.807) is 12.2 Å². The molecule has 0 aromatic heterocycles. The molecule has 0 aromatic carbocycles. The van der Waals surface area contributed by atoms with Gasteiger partial charge in [-0.1, -0.05) is 121 Å². The molecule has 460 valence electrons. The number of carbonyl (C=O) groups is 6. The molecule has 9 aliphatic rings. The SMILES string of the molecule is C/C1=C/C(=O)O[C@@H]2CC(CC[C@H](C)/C=C\CC1)O[C@@](O)([C@@H]1CSC(=O)N1)C2.C/C1=C/C(=O)O[C@@H]2CC(CC[C@H](C)/C=C\CC1)O[C@@](O)([C@@H]1CSC(=O)N1)C2.C/C1=C/C(=O)O[C@@H]2C[C@@H](CC[C@H](C)/C=C\C=C\CC1)O[C@@](O)([C@@H]1CSC(=O)N1)C2. The molecule has 9 aliphatic heterocycles. The highest BCUT2D eigenvalue weighted by atomic mass is 32.2. The molecular formula is C62H89N3O15S3. The summed E-state index contributed by atoms with van der Waals surface area (Å²) < 4.78 is 35.1. The van der Waals surface area contributed by atoms with Crippen LogP contribution >= 0.6 is 35.3 Å². The summed E-state index contributed by atoms with van der Waals surface area (Å²) >= 11 is 3.41. The molecule has 2 unspecified atom stereocenters. The normalized spacial score (nSPS) is 41.4. The van der Waals surface area contributed by atoms with Crippen LogP contribution in [0.1, 0.15) is 157 Å². The number of allylic oxidation sites excluding steroid dienone is 11. The lowest BCUT2D eigenvalue weighted by Gasteiger charge is -2.43. The largest absolute Gasteiger partial charge is 0.459 e. The molecule has 6 bridgehead atoms. The first kappa shape index (κ1) is 66.3. The van der Waals surface area contributed by atoms with Crippen LogP contribution in [0.4, 0.5) is 14.4 Å². The van der Waals surface area contributed by atoms with Crippen molar-refractivity contribution in [3.8, 4) is 0 Å². The van der Waals surface area contributed by atoms with E-state index in [9.17, 15) is 44.1 Å². The third kappa shape index (κ3) is 21.3. The number of nitrogens with one attached hydrogen (secondary N) is 3. The number of rotatable bonds is 3. The number of thioether (sulfide) groups is 3. The molecule has 0 saturated carbocycles. The highest BCUT2D eigenvalue weighted by Gasteiger charge is 2.52. The minimum absolute atomic E-state index is 0.159. The minimum atomic E-state index is -1.53. The first-order valence-electron chi connectivity index (χ1n) is 29.8. The van der Waals surface area contributed by atoms with E-state index in [1.807, 2.05) is 26.8 Å². The summed E-state index contributed by atoms with van der Waals surface area (Å²) in [6.45, 7) is 12.3. The Morgan fingerprint density at radius 2 is 0.747 bits per heavy atom. The van der Waals surface area contributed by atoms with Crippen molar-refractivity contribution in [2.75, 3.05) is 17.3 Å². The number of esters is 3. The molecule has 6 N–H and O–H groups in total. The predicted octanol–water partition coefficient (Wildman–Crippen LogP) is 10.5. The van der Waals surface area contributed by atoms with E-state index in [2.05, 4.69) is 79.3 Å². The van der Waals surface area contributed by atoms with Gasteiger partial charge >= 0.3 is 17.9 Å². The Morgan fingerprint density at radius 1 is 0.434 bits per heavy atom. The van der Waals surface area contributed by atoms with E-state index >= 15 is 0 Å². The minimum Gasteiger partial charge on any atom is -0.459 e. The maximum atomic E-state index is 12.4. The summed E-state index contributed by atoms with van der Waals surface area (Å²) in [5, 5.41) is 41.3. The number of hydrogen-bond donors (Lipinski definition) is 6. The predicted molar refractivity (Wildman–Crippen MR) is 322 cm³/mol. The van der Waals surface area contributed by atoms with Crippen LogP contribution in [0.15, 0.2) is 83.6 Å². The number of fused-ring (bicyclic) bond motifs is 6. The van der Waals surface area contributed by atoms with Gasteiger partial charge in [0.05, 0.1) is 36.4 Å². The second kappa shape index (κ2) is 31.5. The second-order valence-corrected chi connectivity index (χ2v) is 27.0. The quantitative estimate of drug-likeness (QED) is 0.0872. The maximum Gasteiger partial charge on any atom is 0.330 e. The third-order valence-corrected chi connectivity index (χ3v) is 19.0. The van der Waals surface area contributed by atoms with Gasteiger partial charge in [0, 0.05) is 74.0 Å². The summed E-state index contributed by atoms with van der Waals surface area (Å²) in [7, 11) is 0. The fourth-order valence-electron chi connectivity index (χ4n) is 11.7. The van der Waals surface area contributed by atoms with Gasteiger partial charge in [0.2, 0.25) is 0 Å². The van der Waals surface area contributed by atoms with E-state index in [0.717, 1.165) is 129 Å². The zero-order chi connectivity index (χ0) is 59.7. The lowest BCUT2D eigenvalue weighted by atomic mass is 9.90. The summed E-state index contributed by atoms with van der Waals surface area (Å²) in [5.74, 6) is -3.16. The van der Waals surface area contributed by atoms with Crippen molar-refractivity contribution >= 4 is 68.9 Å². The molecule has 0 aromatic rings. The van der Waals surface area contributed by atoms with Crippen molar-refractivity contribution in [1.82, 2.24) is 16.0 Å². The van der Waals surface area contributed by atoms with Crippen molar-refractivity contribution in [2.45, 2.75) is 229 Å². The topological polar surface area (TPSA) is 255 Å². The van der Waals surface area contributed by atoms with Gasteiger partial charge < -0.3 is 59.7 Å². The molecule has 0 spiro atoms. The first-order chi connectivity index (χ1) is 39.5. The standard InChI is InChI=1S/C22H31NO5S.2C20H29NO5S/c1-15-7-5-3-4-6-8-16(2)11-20(24)27-18-12-17(10-9-15)28-22(26,13-18)19-14-29-21(25)23-19;2*1-13-5-3-4-6-14(2)9-18(22)25-16-10-15(8-7-13)26-20(24,11-16)17-12-27-19(23)21-17/h3-5,7,11,15,17-19,26H,6,8-10,12-14H2,1-2H3,(H,23,25);2*3,5,9,13,15-17,24H,4,6-8,10-12H2,1-2H3,(H,21,23)/b4-3+,7-5-,16-11-;2*5-3-,14-9-/t15-,17-,18-,19+,22-;2*13-,15?,16-,17+,20-/m111/s1. The van der Waals surface area contributed by atoms with Gasteiger partial charge in [0.1, 0.15) is 18.3 Å². The van der Waals surface area contributed by atoms with Crippen molar-refractivity contribution in [3.63, 3.8) is 0 Å². The zero-order valence-corrected chi connectivity index (χ0v) is 51.5. The van der Waals surface area contributed by atoms with Crippen molar-refractivity contribution in [1.29, 1.82) is 0 Å². The van der Waals surface area contributed by atoms with E-state index in [0.29, 0.717) is 54.3 Å². The van der Waals surface area contributed by atoms with Crippen LogP contribution < -0.4 is 16.0 Å². The molecule has 21 heteroatoms. The van der Waals surface area contributed by atoms with Gasteiger partial charge in [0.25, 0.3) is 15.7 Å². The lowest BCUT2D eigenvalue weighted by Crippen LogP contribution is -2.58. The fraction of sp³-hybridized carbons (Fsp3) is 0.677. The fourth-order valence-corrected chi connectivity index (χ4v) is 14.3. The molecule has 0 aliphatic carbocycles. The molecule has 3 amide bonds. The van der Waals surface area contributed by atoms with Gasteiger partial charge in [-0.15, -0.1) is 0 Å². The average molecular weight is 1210 g/mol. The Labute approximate surface area is 502 Å². The Hall–Kier alpha value is -4.19. The van der Waals surface area contributed by atoms with Crippen LogP contribution in [0.25, 0.3) is 0 Å². The Kier molecular flexibility index (Phi) is 25.1. The van der Waals surface area contributed by atoms with Crippen molar-refractivity contribution < 1.29 is 72.5 Å². The molecule has 15 atom stereocenters. The maximum absolute atomic E-state index is 12.4. The molecule has 0 radical (unpaired) electrons. The van der Waals surface area contributed by atoms with Crippen molar-refractivity contribution in [2.24, 2.45) is 17.8 Å². The van der Waals surface area contributed by atoms with Crippen LogP contribution in [0, 0.1) is 17.8 Å². The number of ether oxygens (including phenoxy) is 6. The van der Waals surface area contributed by atoms with Crippen molar-refractivity contribution in [3.05, 3.63) is 83.6 Å². The number of hydrogen-bond acceptors (Lipinski definition) is 18. The Balaban J connectivity index is 0.000000179. The molecule has 9 rings (SSSR count). The molecule has 9 heterocycles. The molecule has 6 saturated heterocycles. The van der Waals surface area contributed by atoms with E-state index in [4.69, 9.17) is 28.4 Å². The van der Waals surface area contributed by atoms with Gasteiger partial charge in [-0.25, -0.2) is 14.4 Å². The van der Waals surface area contributed by atoms with Gasteiger partial charge in [-0.2, -0.15) is 0 Å². The Bertz CT molecular complexity index is 2390. The summed E-state index contributed by atoms with van der Waals surface area (Å²) in [6.07, 6.45) is 32.1. The lowest BCUT2D eigenvalue weighted by molar-refractivity contribution is -0.284. The molecule has 18 nitrogen and oxygen atoms in total. The monoisotopic (exact) mass is 1210 g/mol. The average Bonchev–Trinajstić information content (AvgIpc) is 4.20. The van der Waals surface area contributed by atoms with E-state index < -0.39 is 53.8 Å². The Morgan fingerprint density at radius 3 is 1.06 bits per heavy atom. The molecule has 6 fully saturated rings. The summed E-state index contributed by atoms with van der Waals surface area (Å²) in [6, 6.07) is -1.49. The second-order valence-electron chi connectivity index (χ2n) is 24.1. The summed E-state index contributed by atoms with van der Waals surface area (Å²) in [4.78, 5) is 71.8. The number of carbonyl (C=O) groups excluding carboxylic acids is 6. The van der Waals surface area contributed by atoms with Crippen LogP contribution in [0.5, 0.6) is 0 Å². The van der Waals surface area contributed by atoms with Gasteiger partial charge in [-0.05, 0) is 116 Å². The third-order valence-electron chi connectivity index (χ3n) is 16.4.